The van der Waals surface area contributed by atoms with Gasteiger partial charge in [0.2, 0.25) is 6.79 Å². The van der Waals surface area contributed by atoms with E-state index in [-0.39, 0.29) is 26.1 Å². The summed E-state index contributed by atoms with van der Waals surface area (Å²) in [6, 6.07) is 3.34. The van der Waals surface area contributed by atoms with Gasteiger partial charge in [-0.1, -0.05) is 0 Å². The molecule has 7 nitrogen and oxygen atoms in total. The number of aliphatic hydroxyl groups is 1. The number of rotatable bonds is 4. The Labute approximate surface area is 109 Å². The lowest BCUT2D eigenvalue weighted by Gasteiger charge is -2.13. The highest BCUT2D eigenvalue weighted by atomic mass is 16.7. The molecule has 1 aromatic carbocycles. The van der Waals surface area contributed by atoms with Crippen molar-refractivity contribution in [1.29, 1.82) is 0 Å². The fourth-order valence-electron chi connectivity index (χ4n) is 1.93. The van der Waals surface area contributed by atoms with Gasteiger partial charge >= 0.3 is 6.09 Å². The number of alkyl carbamates (subject to hydrolysis) is 1. The van der Waals surface area contributed by atoms with Gasteiger partial charge < -0.3 is 29.4 Å². The van der Waals surface area contributed by atoms with Gasteiger partial charge in [0.1, 0.15) is 12.4 Å². The van der Waals surface area contributed by atoms with Crippen LogP contribution in [0.4, 0.5) is 4.79 Å². The summed E-state index contributed by atoms with van der Waals surface area (Å²) >= 11 is 0. The number of ether oxygens (including phenoxy) is 4. The normalized spacial score (nSPS) is 20.1. The molecule has 1 amide bonds. The average Bonchev–Trinajstić information content (AvgIpc) is 3.03. The molecule has 0 spiro atoms. The Hall–Kier alpha value is -2.15. The molecule has 2 heterocycles. The molecule has 2 aliphatic heterocycles. The lowest BCUT2D eigenvalue weighted by molar-refractivity contribution is 0.103. The molecule has 1 unspecified atom stereocenters. The Morgan fingerprint density at radius 2 is 2.16 bits per heavy atom. The summed E-state index contributed by atoms with van der Waals surface area (Å²) in [4.78, 5) is 10.9. The monoisotopic (exact) mass is 267 g/mol. The van der Waals surface area contributed by atoms with E-state index in [2.05, 4.69) is 5.32 Å². The standard InChI is InChI=1S/C12H13NO6/c14-4-7-1-10-11(18-6-17-10)2-9(7)16-5-8-3-13-12(15)19-8/h1-2,8,14H,3-6H2,(H,13,15). The predicted octanol–water partition coefficient (Wildman–Crippen LogP) is 0.395. The average molecular weight is 267 g/mol. The molecule has 0 saturated carbocycles. The number of nitrogens with one attached hydrogen (secondary N) is 1. The molecular formula is C12H13NO6. The number of aliphatic hydroxyl groups excluding tert-OH is 1. The third-order valence-electron chi connectivity index (χ3n) is 2.90. The first-order valence-electron chi connectivity index (χ1n) is 5.87. The first kappa shape index (κ1) is 11.9. The van der Waals surface area contributed by atoms with Crippen molar-refractivity contribution in [2.75, 3.05) is 19.9 Å². The van der Waals surface area contributed by atoms with Gasteiger partial charge in [-0.3, -0.25) is 0 Å². The van der Waals surface area contributed by atoms with Crippen LogP contribution in [-0.2, 0) is 11.3 Å². The van der Waals surface area contributed by atoms with Gasteiger partial charge in [-0.2, -0.15) is 0 Å². The first-order chi connectivity index (χ1) is 9.26. The molecule has 1 atom stereocenters. The molecule has 1 fully saturated rings. The van der Waals surface area contributed by atoms with Crippen LogP contribution < -0.4 is 19.5 Å². The molecule has 2 aliphatic rings. The van der Waals surface area contributed by atoms with Crippen molar-refractivity contribution >= 4 is 6.09 Å². The van der Waals surface area contributed by atoms with Crippen LogP contribution in [-0.4, -0.2) is 37.2 Å². The fraction of sp³-hybridized carbons (Fsp3) is 0.417. The van der Waals surface area contributed by atoms with E-state index in [0.29, 0.717) is 29.4 Å². The zero-order valence-corrected chi connectivity index (χ0v) is 10.0. The summed E-state index contributed by atoms with van der Waals surface area (Å²) in [6.07, 6.45) is -0.772. The van der Waals surface area contributed by atoms with Crippen LogP contribution in [0.3, 0.4) is 0 Å². The maximum absolute atomic E-state index is 10.9. The minimum Gasteiger partial charge on any atom is -0.489 e. The smallest absolute Gasteiger partial charge is 0.407 e. The van der Waals surface area contributed by atoms with E-state index in [0.717, 1.165) is 0 Å². The van der Waals surface area contributed by atoms with Crippen LogP contribution in [0, 0.1) is 0 Å². The molecule has 0 bridgehead atoms. The van der Waals surface area contributed by atoms with Crippen molar-refractivity contribution in [3.8, 4) is 17.2 Å². The Bertz CT molecular complexity index is 503. The number of carbonyl (C=O) groups excluding carboxylic acids is 1. The van der Waals surface area contributed by atoms with Crippen LogP contribution in [0.25, 0.3) is 0 Å². The maximum Gasteiger partial charge on any atom is 0.407 e. The van der Waals surface area contributed by atoms with Gasteiger partial charge in [0.05, 0.1) is 13.2 Å². The van der Waals surface area contributed by atoms with Gasteiger partial charge in [-0.05, 0) is 6.07 Å². The molecular weight excluding hydrogens is 254 g/mol. The topological polar surface area (TPSA) is 86.3 Å². The number of amides is 1. The van der Waals surface area contributed by atoms with Crippen molar-refractivity contribution in [3.63, 3.8) is 0 Å². The number of cyclic esters (lactones) is 1. The minimum absolute atomic E-state index is 0.161. The van der Waals surface area contributed by atoms with E-state index in [4.69, 9.17) is 18.9 Å². The predicted molar refractivity (Wildman–Crippen MR) is 62.3 cm³/mol. The number of benzene rings is 1. The van der Waals surface area contributed by atoms with E-state index >= 15 is 0 Å². The van der Waals surface area contributed by atoms with Crippen LogP contribution in [0.5, 0.6) is 17.2 Å². The Morgan fingerprint density at radius 3 is 2.84 bits per heavy atom. The maximum atomic E-state index is 10.9. The van der Waals surface area contributed by atoms with Crippen molar-refractivity contribution in [2.45, 2.75) is 12.7 Å². The molecule has 1 saturated heterocycles. The van der Waals surface area contributed by atoms with E-state index < -0.39 is 6.09 Å². The largest absolute Gasteiger partial charge is 0.489 e. The second-order valence-electron chi connectivity index (χ2n) is 4.19. The minimum atomic E-state index is -0.443. The zero-order chi connectivity index (χ0) is 13.2. The van der Waals surface area contributed by atoms with Crippen LogP contribution in [0.1, 0.15) is 5.56 Å². The lowest BCUT2D eigenvalue weighted by atomic mass is 10.2. The summed E-state index contributed by atoms with van der Waals surface area (Å²) in [5.74, 6) is 1.66. The van der Waals surface area contributed by atoms with Gasteiger partial charge in [-0.15, -0.1) is 0 Å². The first-order valence-corrected chi connectivity index (χ1v) is 5.87. The molecule has 1 aromatic rings. The van der Waals surface area contributed by atoms with Gasteiger partial charge in [-0.25, -0.2) is 4.79 Å². The molecule has 19 heavy (non-hydrogen) atoms. The molecule has 0 radical (unpaired) electrons. The summed E-state index contributed by atoms with van der Waals surface area (Å²) in [6.45, 7) is 0.617. The van der Waals surface area contributed by atoms with Crippen molar-refractivity contribution < 1.29 is 28.8 Å². The van der Waals surface area contributed by atoms with Gasteiger partial charge in [0.15, 0.2) is 17.6 Å². The molecule has 0 aromatic heterocycles. The Balaban J connectivity index is 1.71. The SMILES string of the molecule is O=C1NCC(COc2cc3c(cc2CO)OCO3)O1. The fourth-order valence-corrected chi connectivity index (χ4v) is 1.93. The molecule has 102 valence electrons. The molecule has 0 aliphatic carbocycles. The molecule has 2 N–H and O–H groups in total. The van der Waals surface area contributed by atoms with Crippen LogP contribution >= 0.6 is 0 Å². The van der Waals surface area contributed by atoms with E-state index in [1.165, 1.54) is 0 Å². The Kier molecular flexibility index (Phi) is 3.04. The number of carbonyl (C=O) groups is 1. The quantitative estimate of drug-likeness (QED) is 0.821. The van der Waals surface area contributed by atoms with Crippen molar-refractivity contribution in [3.05, 3.63) is 17.7 Å². The summed E-state index contributed by atoms with van der Waals surface area (Å²) in [5, 5.41) is 11.9. The summed E-state index contributed by atoms with van der Waals surface area (Å²) < 4.78 is 21.0. The van der Waals surface area contributed by atoms with E-state index in [9.17, 15) is 9.90 Å². The lowest BCUT2D eigenvalue weighted by Crippen LogP contribution is -2.22. The number of hydrogen-bond donors (Lipinski definition) is 2. The summed E-state index contributed by atoms with van der Waals surface area (Å²) in [5.41, 5.74) is 0.599. The van der Waals surface area contributed by atoms with E-state index in [1.54, 1.807) is 12.1 Å². The van der Waals surface area contributed by atoms with Crippen molar-refractivity contribution in [2.24, 2.45) is 0 Å². The molecule has 7 heteroatoms. The number of fused-ring (bicyclic) bond motifs is 1. The highest BCUT2D eigenvalue weighted by Crippen LogP contribution is 2.38. The Morgan fingerprint density at radius 1 is 1.37 bits per heavy atom. The molecule has 3 rings (SSSR count). The number of hydrogen-bond acceptors (Lipinski definition) is 6. The highest BCUT2D eigenvalue weighted by Gasteiger charge is 2.24. The summed E-state index contributed by atoms with van der Waals surface area (Å²) in [7, 11) is 0. The van der Waals surface area contributed by atoms with Gasteiger partial charge in [0, 0.05) is 11.6 Å². The second-order valence-corrected chi connectivity index (χ2v) is 4.19. The highest BCUT2D eigenvalue weighted by molar-refractivity contribution is 5.69. The third-order valence-corrected chi connectivity index (χ3v) is 2.90. The van der Waals surface area contributed by atoms with Gasteiger partial charge in [0.25, 0.3) is 0 Å². The van der Waals surface area contributed by atoms with E-state index in [1.807, 2.05) is 0 Å². The zero-order valence-electron chi connectivity index (χ0n) is 10.0. The van der Waals surface area contributed by atoms with Crippen LogP contribution in [0.2, 0.25) is 0 Å². The van der Waals surface area contributed by atoms with Crippen LogP contribution in [0.15, 0.2) is 12.1 Å². The van der Waals surface area contributed by atoms with Crippen molar-refractivity contribution in [1.82, 2.24) is 5.32 Å². The third kappa shape index (κ3) is 2.37. The second kappa shape index (κ2) is 4.85.